The zero-order chi connectivity index (χ0) is 32.2. The van der Waals surface area contributed by atoms with Gasteiger partial charge in [-0.2, -0.15) is 13.2 Å². The molecule has 0 amide bonds. The fraction of sp³-hybridized carbons (Fsp3) is 0.233. The van der Waals surface area contributed by atoms with Gasteiger partial charge in [0.25, 0.3) is 0 Å². The second-order valence-electron chi connectivity index (χ2n) is 9.40. The Bertz CT molecular complexity index is 1630. The number of rotatable bonds is 10. The minimum Gasteiger partial charge on any atom is -0.406 e. The number of hydrogen-bond donors (Lipinski definition) is 2. The molecule has 44 heavy (non-hydrogen) atoms. The molecule has 0 aliphatic heterocycles. The number of aryl methyl sites for hydroxylation is 1. The molecule has 0 saturated carbocycles. The lowest BCUT2D eigenvalue weighted by Crippen LogP contribution is -2.31. The van der Waals surface area contributed by atoms with Crippen molar-refractivity contribution in [2.75, 3.05) is 17.9 Å². The van der Waals surface area contributed by atoms with Gasteiger partial charge in [-0.25, -0.2) is 10.8 Å². The Morgan fingerprint density at radius 3 is 2.23 bits per heavy atom. The van der Waals surface area contributed by atoms with E-state index in [9.17, 15) is 26.3 Å². The standard InChI is InChI=1S/C30H29F6N5O2S/c1-4-42-17-22-6-5-21(14-27(22)44-3)20-9-12-24(40-16-28(29(31,32)33)39-18(40)2)25(13-20)41(38)26(15-37)19-7-10-23(11-8-19)43-30(34,35)36/h5-16H,4,17,37-38H2,1-3H3/b26-15-. The van der Waals surface area contributed by atoms with Crippen molar-refractivity contribution in [3.63, 3.8) is 0 Å². The lowest BCUT2D eigenvalue weighted by Gasteiger charge is -2.26. The molecule has 4 aromatic rings. The molecule has 0 radical (unpaired) electrons. The Morgan fingerprint density at radius 2 is 1.66 bits per heavy atom. The predicted molar refractivity (Wildman–Crippen MR) is 158 cm³/mol. The van der Waals surface area contributed by atoms with Gasteiger partial charge in [0.1, 0.15) is 11.6 Å². The fourth-order valence-corrected chi connectivity index (χ4v) is 5.11. The number of ether oxygens (including phenoxy) is 2. The number of imidazole rings is 1. The summed E-state index contributed by atoms with van der Waals surface area (Å²) in [5, 5.41) is 1.16. The molecule has 0 atom stereocenters. The number of nitrogens with zero attached hydrogens (tertiary/aromatic N) is 3. The van der Waals surface area contributed by atoms with Crippen LogP contribution in [0.2, 0.25) is 0 Å². The minimum atomic E-state index is -4.88. The Labute approximate surface area is 254 Å². The van der Waals surface area contributed by atoms with Crippen LogP contribution in [0.4, 0.5) is 32.0 Å². The van der Waals surface area contributed by atoms with Crippen LogP contribution < -0.4 is 21.3 Å². The maximum absolute atomic E-state index is 13.5. The van der Waals surface area contributed by atoms with E-state index in [1.165, 1.54) is 23.6 Å². The van der Waals surface area contributed by atoms with E-state index in [4.69, 9.17) is 16.3 Å². The molecule has 1 heterocycles. The molecule has 234 valence electrons. The first-order chi connectivity index (χ1) is 20.7. The van der Waals surface area contributed by atoms with Crippen LogP contribution >= 0.6 is 11.8 Å². The van der Waals surface area contributed by atoms with Crippen LogP contribution in [0, 0.1) is 6.92 Å². The number of hydrogen-bond acceptors (Lipinski definition) is 7. The van der Waals surface area contributed by atoms with Crippen molar-refractivity contribution in [3.05, 3.63) is 95.7 Å². The van der Waals surface area contributed by atoms with Gasteiger partial charge in [-0.1, -0.05) is 18.2 Å². The van der Waals surface area contributed by atoms with Crippen molar-refractivity contribution in [1.82, 2.24) is 9.55 Å². The molecule has 0 unspecified atom stereocenters. The van der Waals surface area contributed by atoms with Crippen molar-refractivity contribution < 1.29 is 35.8 Å². The highest BCUT2D eigenvalue weighted by Crippen LogP contribution is 2.37. The number of nitrogens with two attached hydrogens (primary N) is 2. The molecule has 0 saturated heterocycles. The summed E-state index contributed by atoms with van der Waals surface area (Å²) in [4.78, 5) is 4.66. The highest BCUT2D eigenvalue weighted by atomic mass is 32.2. The van der Waals surface area contributed by atoms with E-state index in [0.29, 0.717) is 24.3 Å². The summed E-state index contributed by atoms with van der Waals surface area (Å²) in [5.41, 5.74) is 8.32. The molecule has 14 heteroatoms. The minimum absolute atomic E-state index is 0.0524. The molecule has 0 fully saturated rings. The van der Waals surface area contributed by atoms with Crippen molar-refractivity contribution in [2.24, 2.45) is 11.6 Å². The first-order valence-electron chi connectivity index (χ1n) is 13.1. The highest BCUT2D eigenvalue weighted by Gasteiger charge is 2.35. The summed E-state index contributed by atoms with van der Waals surface area (Å²) in [6, 6.07) is 15.7. The zero-order valence-corrected chi connectivity index (χ0v) is 24.6. The van der Waals surface area contributed by atoms with Crippen LogP contribution in [0.3, 0.4) is 0 Å². The Hall–Kier alpha value is -4.14. The van der Waals surface area contributed by atoms with Crippen LogP contribution in [-0.4, -0.2) is 28.8 Å². The SMILES string of the molecule is CCOCc1ccc(-c2ccc(-n3cc(C(F)(F)F)nc3C)c(N(N)/C(=C\N)c3ccc(OC(F)(F)F)cc3)c2)cc1SC. The normalized spacial score (nSPS) is 12.5. The molecule has 3 aromatic carbocycles. The summed E-state index contributed by atoms with van der Waals surface area (Å²) in [7, 11) is 0. The van der Waals surface area contributed by atoms with Crippen LogP contribution in [0.5, 0.6) is 5.75 Å². The van der Waals surface area contributed by atoms with Gasteiger partial charge in [-0.3, -0.25) is 5.01 Å². The van der Waals surface area contributed by atoms with Gasteiger partial charge in [-0.05, 0) is 79.3 Å². The van der Waals surface area contributed by atoms with E-state index >= 15 is 0 Å². The summed E-state index contributed by atoms with van der Waals surface area (Å²) in [6.07, 6.45) is -5.61. The Balaban J connectivity index is 1.83. The number of benzene rings is 3. The molecule has 0 spiro atoms. The first-order valence-corrected chi connectivity index (χ1v) is 14.3. The zero-order valence-electron chi connectivity index (χ0n) is 23.8. The topological polar surface area (TPSA) is 91.6 Å². The molecule has 4 rings (SSSR count). The summed E-state index contributed by atoms with van der Waals surface area (Å²) >= 11 is 1.54. The van der Waals surface area contributed by atoms with Gasteiger partial charge in [0.2, 0.25) is 0 Å². The van der Waals surface area contributed by atoms with E-state index < -0.39 is 24.0 Å². The van der Waals surface area contributed by atoms with Gasteiger partial charge in [0, 0.05) is 29.5 Å². The third kappa shape index (κ3) is 7.49. The van der Waals surface area contributed by atoms with E-state index in [0.717, 1.165) is 45.6 Å². The van der Waals surface area contributed by atoms with E-state index in [-0.39, 0.29) is 22.9 Å². The monoisotopic (exact) mass is 637 g/mol. The lowest BCUT2D eigenvalue weighted by atomic mass is 10.0. The molecule has 0 aliphatic rings. The molecule has 0 bridgehead atoms. The molecular formula is C30H29F6N5O2S. The van der Waals surface area contributed by atoms with Crippen molar-refractivity contribution in [2.45, 2.75) is 37.9 Å². The second kappa shape index (κ2) is 13.2. The molecular weight excluding hydrogens is 608 g/mol. The largest absolute Gasteiger partial charge is 0.573 e. The van der Waals surface area contributed by atoms with E-state index in [1.54, 1.807) is 30.0 Å². The van der Waals surface area contributed by atoms with Gasteiger partial charge in [0.15, 0.2) is 5.69 Å². The van der Waals surface area contributed by atoms with Crippen LogP contribution in [0.15, 0.2) is 78.0 Å². The summed E-state index contributed by atoms with van der Waals surface area (Å²) in [6.45, 7) is 4.33. The van der Waals surface area contributed by atoms with Crippen molar-refractivity contribution >= 4 is 23.1 Å². The number of halogens is 6. The third-order valence-electron chi connectivity index (χ3n) is 6.55. The summed E-state index contributed by atoms with van der Waals surface area (Å²) < 4.78 is 89.4. The molecule has 0 aliphatic carbocycles. The maximum atomic E-state index is 13.5. The Morgan fingerprint density at radius 1 is 1.00 bits per heavy atom. The number of aromatic nitrogens is 2. The van der Waals surface area contributed by atoms with Gasteiger partial charge >= 0.3 is 12.5 Å². The average molecular weight is 638 g/mol. The van der Waals surface area contributed by atoms with Gasteiger partial charge < -0.3 is 19.8 Å². The maximum Gasteiger partial charge on any atom is 0.573 e. The molecule has 1 aromatic heterocycles. The van der Waals surface area contributed by atoms with Gasteiger partial charge in [0.05, 0.1) is 23.7 Å². The van der Waals surface area contributed by atoms with Crippen molar-refractivity contribution in [3.8, 4) is 22.6 Å². The third-order valence-corrected chi connectivity index (χ3v) is 7.37. The number of alkyl halides is 6. The second-order valence-corrected chi connectivity index (χ2v) is 10.3. The number of thioether (sulfide) groups is 1. The van der Waals surface area contributed by atoms with Crippen LogP contribution in [-0.2, 0) is 17.5 Å². The van der Waals surface area contributed by atoms with E-state index in [2.05, 4.69) is 9.72 Å². The number of anilines is 1. The fourth-order valence-electron chi connectivity index (χ4n) is 4.48. The number of hydrazine groups is 1. The average Bonchev–Trinajstić information content (AvgIpc) is 3.38. The Kier molecular flexibility index (Phi) is 9.86. The predicted octanol–water partition coefficient (Wildman–Crippen LogP) is 7.66. The quantitative estimate of drug-likeness (QED) is 0.0799. The van der Waals surface area contributed by atoms with Gasteiger partial charge in [-0.15, -0.1) is 24.9 Å². The molecule has 7 nitrogen and oxygen atoms in total. The lowest BCUT2D eigenvalue weighted by molar-refractivity contribution is -0.274. The highest BCUT2D eigenvalue weighted by molar-refractivity contribution is 7.98. The smallest absolute Gasteiger partial charge is 0.406 e. The van der Waals surface area contributed by atoms with Crippen molar-refractivity contribution in [1.29, 1.82) is 0 Å². The van der Waals surface area contributed by atoms with Crippen LogP contribution in [0.1, 0.15) is 29.6 Å². The first kappa shape index (κ1) is 32.8. The summed E-state index contributed by atoms with van der Waals surface area (Å²) in [5.74, 6) is 6.18. The molecule has 4 N–H and O–H groups in total. The van der Waals surface area contributed by atoms with E-state index in [1.807, 2.05) is 31.4 Å². The van der Waals surface area contributed by atoms with Crippen LogP contribution in [0.25, 0.3) is 22.5 Å².